The van der Waals surface area contributed by atoms with Gasteiger partial charge in [0.2, 0.25) is 5.91 Å². The molecule has 1 unspecified atom stereocenters. The molecule has 1 saturated heterocycles. The van der Waals surface area contributed by atoms with E-state index in [1.54, 1.807) is 6.07 Å². The van der Waals surface area contributed by atoms with E-state index in [0.29, 0.717) is 11.6 Å². The molecule has 2 N–H and O–H groups in total. The van der Waals surface area contributed by atoms with E-state index in [2.05, 4.69) is 10.6 Å². The summed E-state index contributed by atoms with van der Waals surface area (Å²) in [5.41, 5.74) is 0.844. The van der Waals surface area contributed by atoms with Gasteiger partial charge in [-0.25, -0.2) is 8.42 Å². The molecular weight excluding hydrogens is 312 g/mol. The summed E-state index contributed by atoms with van der Waals surface area (Å²) in [4.78, 5) is 12.0. The summed E-state index contributed by atoms with van der Waals surface area (Å²) in [7, 11) is -3.03. The number of benzene rings is 1. The van der Waals surface area contributed by atoms with Gasteiger partial charge in [-0.3, -0.25) is 4.79 Å². The van der Waals surface area contributed by atoms with Crippen molar-refractivity contribution in [1.29, 1.82) is 0 Å². The fraction of sp³-hybridized carbons (Fsp3) is 0.500. The van der Waals surface area contributed by atoms with Crippen LogP contribution in [0, 0.1) is 0 Å². The fourth-order valence-electron chi connectivity index (χ4n) is 2.43. The van der Waals surface area contributed by atoms with Gasteiger partial charge in [-0.15, -0.1) is 0 Å². The van der Waals surface area contributed by atoms with Crippen LogP contribution in [-0.2, 0) is 14.6 Å². The summed E-state index contributed by atoms with van der Waals surface area (Å²) >= 11 is 6.09. The molecule has 0 radical (unpaired) electrons. The van der Waals surface area contributed by atoms with Crippen LogP contribution in [0.4, 0.5) is 0 Å². The zero-order valence-electron chi connectivity index (χ0n) is 11.8. The van der Waals surface area contributed by atoms with Crippen LogP contribution in [0.3, 0.4) is 0 Å². The first-order valence-corrected chi connectivity index (χ1v) is 9.05. The molecule has 1 heterocycles. The van der Waals surface area contributed by atoms with E-state index < -0.39 is 9.84 Å². The van der Waals surface area contributed by atoms with Gasteiger partial charge in [0.15, 0.2) is 9.84 Å². The highest BCUT2D eigenvalue weighted by Gasteiger charge is 2.26. The molecule has 0 spiro atoms. The van der Waals surface area contributed by atoms with E-state index in [-0.39, 0.29) is 35.9 Å². The average molecular weight is 331 g/mol. The lowest BCUT2D eigenvalue weighted by atomic mass is 10.1. The maximum Gasteiger partial charge on any atom is 0.222 e. The summed E-state index contributed by atoms with van der Waals surface area (Å²) in [6.07, 6.45) is 0.147. The highest BCUT2D eigenvalue weighted by molar-refractivity contribution is 7.91. The van der Waals surface area contributed by atoms with Crippen molar-refractivity contribution in [3.8, 4) is 0 Å². The van der Waals surface area contributed by atoms with Crippen molar-refractivity contribution in [2.24, 2.45) is 0 Å². The quantitative estimate of drug-likeness (QED) is 0.872. The molecule has 2 atom stereocenters. The molecule has 1 aliphatic heterocycles. The van der Waals surface area contributed by atoms with Crippen LogP contribution >= 0.6 is 11.6 Å². The van der Waals surface area contributed by atoms with Gasteiger partial charge in [0.1, 0.15) is 0 Å². The van der Waals surface area contributed by atoms with Crippen LogP contribution in [0.15, 0.2) is 24.3 Å². The van der Waals surface area contributed by atoms with Crippen molar-refractivity contribution in [2.75, 3.05) is 18.1 Å². The van der Waals surface area contributed by atoms with Gasteiger partial charge in [0.05, 0.1) is 17.5 Å². The Morgan fingerprint density at radius 2 is 2.19 bits per heavy atom. The van der Waals surface area contributed by atoms with E-state index in [1.165, 1.54) is 0 Å². The van der Waals surface area contributed by atoms with Crippen molar-refractivity contribution in [2.45, 2.75) is 25.4 Å². The number of rotatable bonds is 4. The zero-order valence-corrected chi connectivity index (χ0v) is 13.4. The Kier molecular flexibility index (Phi) is 5.24. The predicted octanol–water partition coefficient (Wildman–Crippen LogP) is 1.29. The second-order valence-corrected chi connectivity index (χ2v) is 7.92. The van der Waals surface area contributed by atoms with Crippen LogP contribution in [0.1, 0.15) is 24.9 Å². The smallest absolute Gasteiger partial charge is 0.222 e. The Bertz CT molecular complexity index is 618. The molecule has 0 aliphatic carbocycles. The second kappa shape index (κ2) is 6.77. The molecule has 1 amide bonds. The normalized spacial score (nSPS) is 22.5. The number of amides is 1. The van der Waals surface area contributed by atoms with Crippen molar-refractivity contribution in [3.63, 3.8) is 0 Å². The third-order valence-corrected chi connectivity index (χ3v) is 5.56. The predicted molar refractivity (Wildman–Crippen MR) is 83.1 cm³/mol. The van der Waals surface area contributed by atoms with Crippen LogP contribution in [0.2, 0.25) is 5.02 Å². The van der Waals surface area contributed by atoms with E-state index in [4.69, 9.17) is 11.6 Å². The van der Waals surface area contributed by atoms with Gasteiger partial charge < -0.3 is 10.6 Å². The lowest BCUT2D eigenvalue weighted by Gasteiger charge is -2.24. The van der Waals surface area contributed by atoms with Crippen LogP contribution in [0.25, 0.3) is 0 Å². The molecule has 0 aromatic heterocycles. The summed E-state index contributed by atoms with van der Waals surface area (Å²) in [5.74, 6) is -0.0285. The summed E-state index contributed by atoms with van der Waals surface area (Å²) in [6.45, 7) is 2.25. The molecule has 1 fully saturated rings. The van der Waals surface area contributed by atoms with Gasteiger partial charge in [-0.05, 0) is 18.6 Å². The van der Waals surface area contributed by atoms with Crippen molar-refractivity contribution >= 4 is 27.3 Å². The molecule has 7 heteroatoms. The Hall–Kier alpha value is -1.11. The minimum Gasteiger partial charge on any atom is -0.349 e. The monoisotopic (exact) mass is 330 g/mol. The topological polar surface area (TPSA) is 75.3 Å². The SMILES string of the molecule is C[C@@H](NC(=O)CC1CS(=O)(=O)CCN1)c1ccccc1Cl. The number of sulfone groups is 1. The lowest BCUT2D eigenvalue weighted by molar-refractivity contribution is -0.122. The van der Waals surface area contributed by atoms with E-state index in [9.17, 15) is 13.2 Å². The summed E-state index contributed by atoms with van der Waals surface area (Å²) in [6, 6.07) is 6.79. The molecule has 1 aromatic rings. The Morgan fingerprint density at radius 1 is 1.48 bits per heavy atom. The maximum atomic E-state index is 12.0. The Labute approximate surface area is 130 Å². The number of hydrogen-bond donors (Lipinski definition) is 2. The molecule has 1 aliphatic rings. The molecule has 21 heavy (non-hydrogen) atoms. The molecule has 0 bridgehead atoms. The van der Waals surface area contributed by atoms with Gasteiger partial charge >= 0.3 is 0 Å². The minimum absolute atomic E-state index is 0.0148. The van der Waals surface area contributed by atoms with Crippen LogP contribution in [0.5, 0.6) is 0 Å². The number of hydrogen-bond acceptors (Lipinski definition) is 4. The Balaban J connectivity index is 1.91. The first kappa shape index (κ1) is 16.3. The van der Waals surface area contributed by atoms with Crippen molar-refractivity contribution < 1.29 is 13.2 Å². The molecule has 2 rings (SSSR count). The molecule has 0 saturated carbocycles. The largest absolute Gasteiger partial charge is 0.349 e. The molecule has 1 aromatic carbocycles. The molecule has 116 valence electrons. The number of nitrogens with one attached hydrogen (secondary N) is 2. The summed E-state index contributed by atoms with van der Waals surface area (Å²) in [5, 5.41) is 6.52. The first-order chi connectivity index (χ1) is 9.87. The standard InChI is InChI=1S/C14H19ClN2O3S/c1-10(12-4-2-3-5-13(12)15)17-14(18)8-11-9-21(19,20)7-6-16-11/h2-5,10-11,16H,6-9H2,1H3,(H,17,18)/t10-,11?/m1/s1. The third kappa shape index (κ3) is 4.69. The number of carbonyl (C=O) groups is 1. The van der Waals surface area contributed by atoms with E-state index >= 15 is 0 Å². The molecular formula is C14H19ClN2O3S. The minimum atomic E-state index is -3.03. The van der Waals surface area contributed by atoms with E-state index in [1.807, 2.05) is 25.1 Å². The highest BCUT2D eigenvalue weighted by Crippen LogP contribution is 2.22. The van der Waals surface area contributed by atoms with Crippen molar-refractivity contribution in [1.82, 2.24) is 10.6 Å². The van der Waals surface area contributed by atoms with Crippen molar-refractivity contribution in [3.05, 3.63) is 34.9 Å². The zero-order chi connectivity index (χ0) is 15.5. The van der Waals surface area contributed by atoms with Gasteiger partial charge in [0, 0.05) is 24.0 Å². The van der Waals surface area contributed by atoms with Gasteiger partial charge in [-0.2, -0.15) is 0 Å². The number of halogens is 1. The Morgan fingerprint density at radius 3 is 2.86 bits per heavy atom. The fourth-order valence-corrected chi connectivity index (χ4v) is 4.17. The summed E-state index contributed by atoms with van der Waals surface area (Å²) < 4.78 is 23.1. The molecule has 5 nitrogen and oxygen atoms in total. The average Bonchev–Trinajstić information content (AvgIpc) is 2.37. The van der Waals surface area contributed by atoms with E-state index in [0.717, 1.165) is 5.56 Å². The maximum absolute atomic E-state index is 12.0. The second-order valence-electron chi connectivity index (χ2n) is 5.28. The van der Waals surface area contributed by atoms with Crippen LogP contribution < -0.4 is 10.6 Å². The number of carbonyl (C=O) groups excluding carboxylic acids is 1. The lowest BCUT2D eigenvalue weighted by Crippen LogP contribution is -2.47. The highest BCUT2D eigenvalue weighted by atomic mass is 35.5. The third-order valence-electron chi connectivity index (χ3n) is 3.48. The first-order valence-electron chi connectivity index (χ1n) is 6.85. The van der Waals surface area contributed by atoms with Gasteiger partial charge in [0.25, 0.3) is 0 Å². The van der Waals surface area contributed by atoms with Crippen LogP contribution in [-0.4, -0.2) is 38.4 Å². The van der Waals surface area contributed by atoms with Gasteiger partial charge in [-0.1, -0.05) is 29.8 Å².